The lowest BCUT2D eigenvalue weighted by molar-refractivity contribution is 0.112. The molecule has 2 nitrogen and oxygen atoms in total. The van der Waals surface area contributed by atoms with E-state index in [1.807, 2.05) is 12.1 Å². The van der Waals surface area contributed by atoms with Crippen molar-refractivity contribution in [3.05, 3.63) is 34.9 Å². The fourth-order valence-electron chi connectivity index (χ4n) is 4.43. The Kier molecular flexibility index (Phi) is 7.69. The van der Waals surface area contributed by atoms with Crippen molar-refractivity contribution in [2.24, 2.45) is 0 Å². The molecule has 154 valence electrons. The van der Waals surface area contributed by atoms with Crippen molar-refractivity contribution in [1.29, 1.82) is 0 Å². The van der Waals surface area contributed by atoms with E-state index in [1.54, 1.807) is 0 Å². The van der Waals surface area contributed by atoms with Gasteiger partial charge in [0.25, 0.3) is 0 Å². The highest BCUT2D eigenvalue weighted by Crippen LogP contribution is 2.43. The van der Waals surface area contributed by atoms with Crippen LogP contribution < -0.4 is 0 Å². The average molecular weight is 391 g/mol. The summed E-state index contributed by atoms with van der Waals surface area (Å²) in [4.78, 5) is 11.5. The molecule has 0 fully saturated rings. The van der Waals surface area contributed by atoms with E-state index in [2.05, 4.69) is 82.2 Å². The number of hydrogen-bond donors (Lipinski definition) is 0. The van der Waals surface area contributed by atoms with Crippen LogP contribution in [0.4, 0.5) is 0 Å². The molecular weight excluding hydrogens is 348 g/mol. The summed E-state index contributed by atoms with van der Waals surface area (Å²) in [6.45, 7) is 25.7. The largest absolute Gasteiger partial charge is 0.415 e. The van der Waals surface area contributed by atoms with Gasteiger partial charge in [-0.2, -0.15) is 0 Å². The quantitative estimate of drug-likeness (QED) is 0.345. The van der Waals surface area contributed by atoms with Crippen molar-refractivity contribution in [3.8, 4) is 0 Å². The zero-order chi connectivity index (χ0) is 21.2. The highest BCUT2D eigenvalue weighted by Gasteiger charge is 2.46. The molecule has 0 aliphatic heterocycles. The van der Waals surface area contributed by atoms with Gasteiger partial charge in [0.2, 0.25) is 0 Å². The van der Waals surface area contributed by atoms with Gasteiger partial charge in [0, 0.05) is 17.6 Å². The third-order valence-corrected chi connectivity index (χ3v) is 12.2. The van der Waals surface area contributed by atoms with Crippen LogP contribution in [0.3, 0.4) is 0 Å². The van der Waals surface area contributed by atoms with E-state index in [0.29, 0.717) is 23.2 Å². The molecule has 1 aromatic carbocycles. The molecule has 1 rings (SSSR count). The third kappa shape index (κ3) is 5.32. The van der Waals surface area contributed by atoms with Crippen LogP contribution in [0.25, 0.3) is 0 Å². The SMILES string of the molecule is CC(C)[Si](OCC(C)(C)c1cc(C=O)cc(C(C)(C)C)c1)(C(C)C)C(C)C. The van der Waals surface area contributed by atoms with Gasteiger partial charge in [-0.15, -0.1) is 0 Å². The molecule has 0 unspecified atom stereocenters. The molecular formula is C24H42O2Si. The maximum atomic E-state index is 11.5. The number of carbonyl (C=O) groups excluding carboxylic acids is 1. The van der Waals surface area contributed by atoms with Gasteiger partial charge in [-0.05, 0) is 45.3 Å². The molecule has 0 heterocycles. The monoisotopic (exact) mass is 390 g/mol. The van der Waals surface area contributed by atoms with Crippen LogP contribution in [0.2, 0.25) is 16.6 Å². The highest BCUT2D eigenvalue weighted by molar-refractivity contribution is 6.77. The Morgan fingerprint density at radius 1 is 0.852 bits per heavy atom. The van der Waals surface area contributed by atoms with Crippen LogP contribution in [-0.4, -0.2) is 21.2 Å². The Hall–Kier alpha value is -0.933. The van der Waals surface area contributed by atoms with Crippen LogP contribution >= 0.6 is 0 Å². The predicted molar refractivity (Wildman–Crippen MR) is 121 cm³/mol. The van der Waals surface area contributed by atoms with Crippen LogP contribution in [0.5, 0.6) is 0 Å². The summed E-state index contributed by atoms with van der Waals surface area (Å²) in [7, 11) is -1.91. The summed E-state index contributed by atoms with van der Waals surface area (Å²) >= 11 is 0. The van der Waals surface area contributed by atoms with Crippen molar-refractivity contribution in [1.82, 2.24) is 0 Å². The molecule has 0 aliphatic carbocycles. The number of carbonyl (C=O) groups is 1. The Labute approximate surface area is 169 Å². The molecule has 0 amide bonds. The Balaban J connectivity index is 3.29. The minimum atomic E-state index is -1.91. The second-order valence-corrected chi connectivity index (χ2v) is 16.2. The van der Waals surface area contributed by atoms with Gasteiger partial charge in [-0.25, -0.2) is 0 Å². The zero-order valence-corrected chi connectivity index (χ0v) is 20.6. The molecule has 0 saturated carbocycles. The number of benzene rings is 1. The van der Waals surface area contributed by atoms with Gasteiger partial charge in [-0.3, -0.25) is 4.79 Å². The lowest BCUT2D eigenvalue weighted by Crippen LogP contribution is -2.49. The van der Waals surface area contributed by atoms with Crippen molar-refractivity contribution in [3.63, 3.8) is 0 Å². The molecule has 0 saturated heterocycles. The molecule has 3 heteroatoms. The second-order valence-electron chi connectivity index (χ2n) is 10.7. The Bertz CT molecular complexity index is 614. The van der Waals surface area contributed by atoms with Gasteiger partial charge in [0.1, 0.15) is 6.29 Å². The molecule has 0 spiro atoms. The minimum Gasteiger partial charge on any atom is -0.415 e. The van der Waals surface area contributed by atoms with E-state index in [0.717, 1.165) is 11.8 Å². The summed E-state index contributed by atoms with van der Waals surface area (Å²) < 4.78 is 6.88. The molecule has 0 N–H and O–H groups in total. The van der Waals surface area contributed by atoms with Crippen LogP contribution in [0.1, 0.15) is 97.6 Å². The van der Waals surface area contributed by atoms with Crippen molar-refractivity contribution >= 4 is 14.6 Å². The molecule has 0 radical (unpaired) electrons. The summed E-state index contributed by atoms with van der Waals surface area (Å²) in [5.74, 6) is 0. The lowest BCUT2D eigenvalue weighted by Gasteiger charge is -2.44. The first-order valence-electron chi connectivity index (χ1n) is 10.4. The molecule has 0 atom stereocenters. The van der Waals surface area contributed by atoms with Gasteiger partial charge in [-0.1, -0.05) is 82.2 Å². The zero-order valence-electron chi connectivity index (χ0n) is 19.6. The molecule has 1 aromatic rings. The van der Waals surface area contributed by atoms with Gasteiger partial charge in [0.15, 0.2) is 8.32 Å². The Morgan fingerprint density at radius 3 is 1.67 bits per heavy atom. The molecule has 27 heavy (non-hydrogen) atoms. The van der Waals surface area contributed by atoms with Crippen LogP contribution in [0, 0.1) is 0 Å². The van der Waals surface area contributed by atoms with Crippen molar-refractivity contribution < 1.29 is 9.22 Å². The fourth-order valence-corrected chi connectivity index (χ4v) is 10.0. The van der Waals surface area contributed by atoms with E-state index < -0.39 is 8.32 Å². The first kappa shape index (κ1) is 24.1. The van der Waals surface area contributed by atoms with Gasteiger partial charge >= 0.3 is 0 Å². The maximum Gasteiger partial charge on any atom is 0.200 e. The van der Waals surface area contributed by atoms with Crippen LogP contribution in [0.15, 0.2) is 18.2 Å². The predicted octanol–water partition coefficient (Wildman–Crippen LogP) is 7.27. The van der Waals surface area contributed by atoms with E-state index in [1.165, 1.54) is 11.1 Å². The first-order valence-corrected chi connectivity index (χ1v) is 12.6. The Morgan fingerprint density at radius 2 is 1.30 bits per heavy atom. The summed E-state index contributed by atoms with van der Waals surface area (Å²) in [5, 5.41) is 0. The van der Waals surface area contributed by atoms with Crippen molar-refractivity contribution in [2.75, 3.05) is 6.61 Å². The van der Waals surface area contributed by atoms with Crippen LogP contribution in [-0.2, 0) is 15.3 Å². The lowest BCUT2D eigenvalue weighted by atomic mass is 9.79. The highest BCUT2D eigenvalue weighted by atomic mass is 28.4. The summed E-state index contributed by atoms with van der Waals surface area (Å²) in [6, 6.07) is 6.32. The fraction of sp³-hybridized carbons (Fsp3) is 0.708. The van der Waals surface area contributed by atoms with E-state index >= 15 is 0 Å². The molecule has 0 bridgehead atoms. The summed E-state index contributed by atoms with van der Waals surface area (Å²) in [5.41, 5.74) is 4.73. The topological polar surface area (TPSA) is 26.3 Å². The molecule has 0 aliphatic rings. The third-order valence-electron chi connectivity index (χ3n) is 6.13. The number of hydrogen-bond acceptors (Lipinski definition) is 2. The standard InChI is InChI=1S/C24H42O2Si/c1-17(2)27(18(3)4,19(5)6)26-16-24(10,11)22-13-20(15-25)12-21(14-22)23(7,8)9/h12-15,17-19H,16H2,1-11H3. The average Bonchev–Trinajstić information content (AvgIpc) is 2.52. The second kappa shape index (κ2) is 8.61. The normalized spacial score (nSPS) is 13.7. The van der Waals surface area contributed by atoms with Gasteiger partial charge < -0.3 is 4.43 Å². The minimum absolute atomic E-state index is 0.0109. The molecule has 0 aromatic heterocycles. The smallest absolute Gasteiger partial charge is 0.200 e. The first-order chi connectivity index (χ1) is 12.2. The van der Waals surface area contributed by atoms with Gasteiger partial charge in [0.05, 0.1) is 0 Å². The van der Waals surface area contributed by atoms with E-state index in [4.69, 9.17) is 4.43 Å². The number of rotatable bonds is 8. The maximum absolute atomic E-state index is 11.5. The van der Waals surface area contributed by atoms with Crippen molar-refractivity contribution in [2.45, 2.75) is 104 Å². The van der Waals surface area contributed by atoms with E-state index in [9.17, 15) is 4.79 Å². The number of aldehydes is 1. The summed E-state index contributed by atoms with van der Waals surface area (Å²) in [6.07, 6.45) is 0.963. The van der Waals surface area contributed by atoms with E-state index in [-0.39, 0.29) is 10.8 Å².